The van der Waals surface area contributed by atoms with Crippen LogP contribution in [0.1, 0.15) is 80.5 Å². The molecule has 1 fully saturated rings. The Kier molecular flexibility index (Phi) is 10.1. The number of hydrogen-bond donors (Lipinski definition) is 1. The van der Waals surface area contributed by atoms with Gasteiger partial charge in [0.25, 0.3) is 0 Å². The van der Waals surface area contributed by atoms with Crippen molar-refractivity contribution in [2.24, 2.45) is 0 Å². The van der Waals surface area contributed by atoms with E-state index in [2.05, 4.69) is 107 Å². The lowest BCUT2D eigenvalue weighted by molar-refractivity contribution is -0.0413. The van der Waals surface area contributed by atoms with Gasteiger partial charge in [0, 0.05) is 18.2 Å². The molecule has 0 radical (unpaired) electrons. The zero-order valence-corrected chi connectivity index (χ0v) is 30.4. The minimum atomic E-state index is -2.10. The first-order valence-electron chi connectivity index (χ1n) is 14.3. The van der Waals surface area contributed by atoms with Gasteiger partial charge in [0.15, 0.2) is 25.0 Å². The van der Waals surface area contributed by atoms with Gasteiger partial charge >= 0.3 is 5.69 Å². The molecule has 0 aliphatic carbocycles. The number of rotatable bonds is 9. The number of nitrogens with two attached hydrogens (primary N) is 1. The topological polar surface area (TPSA) is 97.8 Å². The van der Waals surface area contributed by atoms with E-state index in [1.165, 1.54) is 0 Å². The van der Waals surface area contributed by atoms with Crippen LogP contribution in [0.2, 0.25) is 54.4 Å². The van der Waals surface area contributed by atoms with Crippen molar-refractivity contribution in [2.45, 2.75) is 148 Å². The van der Waals surface area contributed by atoms with E-state index >= 15 is 0 Å². The molecule has 11 heteroatoms. The molecule has 2 N–H and O–H groups in total. The molecule has 1 aliphatic heterocycles. The first-order chi connectivity index (χ1) is 17.3. The average molecular weight is 600 g/mol. The summed E-state index contributed by atoms with van der Waals surface area (Å²) in [6, 6.07) is 0. The summed E-state index contributed by atoms with van der Waals surface area (Å²) in [4.78, 5) is 17.2. The van der Waals surface area contributed by atoms with E-state index in [1.54, 1.807) is 10.8 Å². The van der Waals surface area contributed by atoms with Crippen LogP contribution < -0.4 is 11.4 Å². The second-order valence-corrected chi connectivity index (χ2v) is 30.1. The predicted octanol–water partition coefficient (Wildman–Crippen LogP) is 7.05. The number of nitrogens with zero attached hydrogens (tertiary/aromatic N) is 2. The maximum Gasteiger partial charge on any atom is 0.351 e. The van der Waals surface area contributed by atoms with Crippen molar-refractivity contribution in [2.75, 3.05) is 12.3 Å². The summed E-state index contributed by atoms with van der Waals surface area (Å²) in [6.07, 6.45) is 1.33. The zero-order chi connectivity index (χ0) is 30.4. The molecule has 39 heavy (non-hydrogen) atoms. The molecule has 1 aromatic rings. The first-order valence-corrected chi connectivity index (χ1v) is 23.0. The minimum absolute atomic E-state index is 0.0454. The second-order valence-electron chi connectivity index (χ2n) is 15.7. The standard InChI is InChI=1S/C28H57N3O5Si3/c1-26(2,3)37(10,11)33-18-20-17-31(25(32)30-24(20)29)23-16-21(36-39(14,15)28(7,8)9)22(35-23)19-34-38(12,13)27(4,5)6/h17,21-23H,16,18-19H2,1-15H3,(H2,29,30,32)/t21-,22+,23+/m0/s1. The van der Waals surface area contributed by atoms with Crippen LogP contribution in [0, 0.1) is 0 Å². The maximum atomic E-state index is 13.0. The van der Waals surface area contributed by atoms with Gasteiger partial charge in [-0.3, -0.25) is 4.57 Å². The van der Waals surface area contributed by atoms with Gasteiger partial charge in [-0.05, 0) is 54.4 Å². The molecule has 226 valence electrons. The van der Waals surface area contributed by atoms with E-state index in [1.807, 2.05) is 0 Å². The van der Waals surface area contributed by atoms with Crippen LogP contribution in [0.4, 0.5) is 5.82 Å². The highest BCUT2D eigenvalue weighted by Gasteiger charge is 2.47. The van der Waals surface area contributed by atoms with Crippen LogP contribution in [0.3, 0.4) is 0 Å². The van der Waals surface area contributed by atoms with Crippen molar-refractivity contribution < 1.29 is 18.0 Å². The van der Waals surface area contributed by atoms with Gasteiger partial charge in [-0.1, -0.05) is 62.3 Å². The van der Waals surface area contributed by atoms with Gasteiger partial charge in [-0.2, -0.15) is 4.98 Å². The van der Waals surface area contributed by atoms with E-state index in [4.69, 9.17) is 23.7 Å². The van der Waals surface area contributed by atoms with Gasteiger partial charge in [0.1, 0.15) is 18.1 Å². The van der Waals surface area contributed by atoms with Crippen LogP contribution in [0.5, 0.6) is 0 Å². The lowest BCUT2D eigenvalue weighted by atomic mass is 10.2. The van der Waals surface area contributed by atoms with E-state index in [0.29, 0.717) is 25.2 Å². The van der Waals surface area contributed by atoms with Gasteiger partial charge in [0.2, 0.25) is 0 Å². The SMILES string of the molecule is CC(C)(C)[Si](C)(C)OCc1cn([C@H]2C[C@H](O[Si](C)(C)C(C)(C)C)[C@@H](CO[Si](C)(C)C(C)(C)C)O2)c(=O)nc1N. The molecular formula is C28H57N3O5Si3. The van der Waals surface area contributed by atoms with E-state index in [0.717, 1.165) is 0 Å². The quantitative estimate of drug-likeness (QED) is 0.304. The van der Waals surface area contributed by atoms with E-state index in [9.17, 15) is 4.79 Å². The van der Waals surface area contributed by atoms with Crippen molar-refractivity contribution in [1.29, 1.82) is 0 Å². The van der Waals surface area contributed by atoms with Crippen LogP contribution >= 0.6 is 0 Å². The van der Waals surface area contributed by atoms with Gasteiger partial charge in [0.05, 0.1) is 19.3 Å². The second kappa shape index (κ2) is 11.5. The highest BCUT2D eigenvalue weighted by Crippen LogP contribution is 2.42. The Bertz CT molecular complexity index is 1050. The molecule has 0 bridgehead atoms. The first kappa shape index (κ1) is 34.4. The lowest BCUT2D eigenvalue weighted by Gasteiger charge is -2.40. The highest BCUT2D eigenvalue weighted by atomic mass is 28.4. The molecule has 8 nitrogen and oxygen atoms in total. The molecule has 2 heterocycles. The Morgan fingerprint density at radius 2 is 1.38 bits per heavy atom. The summed E-state index contributed by atoms with van der Waals surface area (Å²) in [5.74, 6) is 0.208. The minimum Gasteiger partial charge on any atom is -0.414 e. The summed E-state index contributed by atoms with van der Waals surface area (Å²) in [6.45, 7) is 34.1. The molecule has 3 atom stereocenters. The Labute approximate surface area is 240 Å². The maximum absolute atomic E-state index is 13.0. The van der Waals surface area contributed by atoms with Crippen molar-refractivity contribution in [3.8, 4) is 0 Å². The van der Waals surface area contributed by atoms with Gasteiger partial charge in [-0.25, -0.2) is 4.79 Å². The number of ether oxygens (including phenoxy) is 1. The molecule has 1 aliphatic rings. The van der Waals surface area contributed by atoms with E-state index < -0.39 is 36.9 Å². The summed E-state index contributed by atoms with van der Waals surface area (Å²) in [7, 11) is -6.12. The Morgan fingerprint density at radius 1 is 0.897 bits per heavy atom. The summed E-state index contributed by atoms with van der Waals surface area (Å²) in [5.41, 5.74) is 6.46. The zero-order valence-electron chi connectivity index (χ0n) is 27.4. The summed E-state index contributed by atoms with van der Waals surface area (Å²) < 4.78 is 28.0. The fourth-order valence-electron chi connectivity index (χ4n) is 3.52. The largest absolute Gasteiger partial charge is 0.414 e. The molecule has 0 spiro atoms. The fraction of sp³-hybridized carbons (Fsp3) is 0.857. The molecule has 0 amide bonds. The van der Waals surface area contributed by atoms with E-state index in [-0.39, 0.29) is 33.1 Å². The molecule has 0 aromatic carbocycles. The van der Waals surface area contributed by atoms with Crippen LogP contribution in [0.15, 0.2) is 11.0 Å². The lowest BCUT2D eigenvalue weighted by Crippen LogP contribution is -2.48. The van der Waals surface area contributed by atoms with Crippen LogP contribution in [-0.2, 0) is 24.6 Å². The molecule has 1 saturated heterocycles. The number of hydrogen-bond acceptors (Lipinski definition) is 7. The number of nitrogen functional groups attached to an aromatic ring is 1. The third-order valence-corrected chi connectivity index (χ3v) is 23.1. The van der Waals surface area contributed by atoms with Gasteiger partial charge < -0.3 is 23.7 Å². The third kappa shape index (κ3) is 8.14. The molecule has 0 saturated carbocycles. The smallest absolute Gasteiger partial charge is 0.351 e. The van der Waals surface area contributed by atoms with Crippen LogP contribution in [0.25, 0.3) is 0 Å². The summed E-state index contributed by atoms with van der Waals surface area (Å²) >= 11 is 0. The molecular weight excluding hydrogens is 543 g/mol. The normalized spacial score (nSPS) is 22.0. The fourth-order valence-corrected chi connectivity index (χ4v) is 6.84. The number of anilines is 1. The molecule has 0 unspecified atom stereocenters. The summed E-state index contributed by atoms with van der Waals surface area (Å²) in [5, 5.41) is 0.186. The van der Waals surface area contributed by atoms with Crippen molar-refractivity contribution >= 4 is 30.8 Å². The van der Waals surface area contributed by atoms with Crippen molar-refractivity contribution in [1.82, 2.24) is 9.55 Å². The Morgan fingerprint density at radius 3 is 1.87 bits per heavy atom. The Balaban J connectivity index is 2.37. The highest BCUT2D eigenvalue weighted by molar-refractivity contribution is 6.74. The molecule has 1 aromatic heterocycles. The average Bonchev–Trinajstić information content (AvgIpc) is 3.10. The predicted molar refractivity (Wildman–Crippen MR) is 169 cm³/mol. The van der Waals surface area contributed by atoms with Crippen molar-refractivity contribution in [3.05, 3.63) is 22.2 Å². The molecule has 2 rings (SSSR count). The monoisotopic (exact) mass is 599 g/mol. The Hall–Kier alpha value is -0.829. The van der Waals surface area contributed by atoms with Crippen LogP contribution in [-0.4, -0.2) is 53.3 Å². The van der Waals surface area contributed by atoms with Gasteiger partial charge in [-0.15, -0.1) is 0 Å². The number of aromatic nitrogens is 2. The van der Waals surface area contributed by atoms with Crippen molar-refractivity contribution in [3.63, 3.8) is 0 Å². The third-order valence-electron chi connectivity index (χ3n) is 9.61.